The Morgan fingerprint density at radius 2 is 1.61 bits per heavy atom. The van der Waals surface area contributed by atoms with E-state index in [0.29, 0.717) is 37.1 Å². The zero-order chi connectivity index (χ0) is 30.5. The molecule has 1 aliphatic heterocycles. The summed E-state index contributed by atoms with van der Waals surface area (Å²) in [6, 6.07) is 6.12. The van der Waals surface area contributed by atoms with Crippen LogP contribution in [0.2, 0.25) is 0 Å². The van der Waals surface area contributed by atoms with Gasteiger partial charge >= 0.3 is 6.09 Å². The molecule has 3 rings (SSSR count). The summed E-state index contributed by atoms with van der Waals surface area (Å²) >= 11 is 1.31. The molecule has 2 heterocycles. The molecule has 1 aromatic heterocycles. The van der Waals surface area contributed by atoms with Crippen molar-refractivity contribution < 1.29 is 27.5 Å². The summed E-state index contributed by atoms with van der Waals surface area (Å²) in [6.07, 6.45) is -0.253. The first-order valence-corrected chi connectivity index (χ1v) is 16.3. The molecule has 0 aliphatic carbocycles. The Balaban J connectivity index is 1.88. The van der Waals surface area contributed by atoms with Crippen molar-refractivity contribution in [2.45, 2.75) is 72.4 Å². The van der Waals surface area contributed by atoms with Gasteiger partial charge in [-0.05, 0) is 68.9 Å². The van der Waals surface area contributed by atoms with Crippen molar-refractivity contribution in [2.75, 3.05) is 31.6 Å². The van der Waals surface area contributed by atoms with Gasteiger partial charge in [0.2, 0.25) is 10.0 Å². The van der Waals surface area contributed by atoms with Crippen molar-refractivity contribution >= 4 is 44.3 Å². The Bertz CT molecular complexity index is 1340. The second-order valence-corrected chi connectivity index (χ2v) is 14.3. The number of alkyl carbamates (subject to hydrolysis) is 1. The summed E-state index contributed by atoms with van der Waals surface area (Å²) in [6.45, 7) is 16.0. The maximum atomic E-state index is 13.4. The molecule has 0 spiro atoms. The molecular formula is C29H42N4O6S2. The highest BCUT2D eigenvalue weighted by atomic mass is 32.2. The number of imide groups is 1. The van der Waals surface area contributed by atoms with Gasteiger partial charge in [0.25, 0.3) is 11.8 Å². The highest BCUT2D eigenvalue weighted by molar-refractivity contribution is 7.89. The molecule has 3 amide bonds. The number of carbonyl (C=O) groups excluding carboxylic acids is 3. The lowest BCUT2D eigenvalue weighted by atomic mass is 10.0. The molecule has 0 radical (unpaired) electrons. The molecule has 41 heavy (non-hydrogen) atoms. The number of hydrogen-bond donors (Lipinski definition) is 2. The lowest BCUT2D eigenvalue weighted by Crippen LogP contribution is -2.37. The van der Waals surface area contributed by atoms with Crippen LogP contribution >= 0.6 is 11.3 Å². The number of benzene rings is 1. The van der Waals surface area contributed by atoms with Crippen LogP contribution in [-0.2, 0) is 27.7 Å². The molecule has 0 saturated heterocycles. The van der Waals surface area contributed by atoms with E-state index in [2.05, 4.69) is 29.4 Å². The molecule has 1 aliphatic rings. The van der Waals surface area contributed by atoms with E-state index in [-0.39, 0.29) is 34.5 Å². The number of rotatable bonds is 11. The largest absolute Gasteiger partial charge is 0.450 e. The number of anilines is 1. The molecule has 0 saturated carbocycles. The standard InChI is InChI=1S/C29H42N4O6S2/c1-8-39-29(36)31-27(35)25-23-13-14-32(20(6)7)17-24(23)40-28(25)30-26(34)21-9-11-22(12-10-21)41(37,38)33(15-18(2)3)16-19(4)5/h9-12,18-20H,8,13-17H2,1-7H3,(H,30,34)(H,31,35,36). The van der Waals surface area contributed by atoms with Crippen LogP contribution in [0.1, 0.15) is 79.6 Å². The van der Waals surface area contributed by atoms with Crippen molar-refractivity contribution in [3.05, 3.63) is 45.8 Å². The predicted octanol–water partition coefficient (Wildman–Crippen LogP) is 4.96. The van der Waals surface area contributed by atoms with E-state index >= 15 is 0 Å². The number of carbonyl (C=O) groups is 3. The third kappa shape index (κ3) is 8.15. The van der Waals surface area contributed by atoms with Crippen molar-refractivity contribution in [3.63, 3.8) is 0 Å². The minimum absolute atomic E-state index is 0.116. The summed E-state index contributed by atoms with van der Waals surface area (Å²) in [5.74, 6) is -0.799. The number of amides is 3. The SMILES string of the molecule is CCOC(=O)NC(=O)c1c(NC(=O)c2ccc(S(=O)(=O)N(CC(C)C)CC(C)C)cc2)sc2c1CCN(C(C)C)C2. The number of ether oxygens (including phenoxy) is 1. The van der Waals surface area contributed by atoms with Crippen LogP contribution < -0.4 is 10.6 Å². The number of fused-ring (bicyclic) bond motifs is 1. The summed E-state index contributed by atoms with van der Waals surface area (Å²) in [5, 5.41) is 5.43. The number of sulfonamides is 1. The van der Waals surface area contributed by atoms with Gasteiger partial charge in [-0.3, -0.25) is 19.8 Å². The van der Waals surface area contributed by atoms with Gasteiger partial charge in [-0.1, -0.05) is 27.7 Å². The van der Waals surface area contributed by atoms with Crippen LogP contribution in [-0.4, -0.2) is 67.8 Å². The quantitative estimate of drug-likeness (QED) is 0.371. The van der Waals surface area contributed by atoms with E-state index in [1.54, 1.807) is 6.92 Å². The Hall–Kier alpha value is -2.80. The predicted molar refractivity (Wildman–Crippen MR) is 161 cm³/mol. The number of nitrogens with zero attached hydrogens (tertiary/aromatic N) is 2. The third-order valence-corrected chi connectivity index (χ3v) is 9.63. The topological polar surface area (TPSA) is 125 Å². The van der Waals surface area contributed by atoms with E-state index in [9.17, 15) is 22.8 Å². The van der Waals surface area contributed by atoms with Crippen molar-refractivity contribution in [2.24, 2.45) is 11.8 Å². The molecule has 2 N–H and O–H groups in total. The fraction of sp³-hybridized carbons (Fsp3) is 0.552. The first-order valence-electron chi connectivity index (χ1n) is 14.0. The maximum absolute atomic E-state index is 13.4. The van der Waals surface area contributed by atoms with Gasteiger partial charge in [0, 0.05) is 42.7 Å². The van der Waals surface area contributed by atoms with Crippen molar-refractivity contribution in [1.29, 1.82) is 0 Å². The Kier molecular flexibility index (Phi) is 11.1. The molecule has 0 bridgehead atoms. The normalized spacial score (nSPS) is 14.0. The molecule has 1 aromatic carbocycles. The average molecular weight is 607 g/mol. The van der Waals surface area contributed by atoms with Crippen LogP contribution in [0.5, 0.6) is 0 Å². The maximum Gasteiger partial charge on any atom is 0.414 e. The van der Waals surface area contributed by atoms with Gasteiger partial charge in [-0.15, -0.1) is 11.3 Å². The van der Waals surface area contributed by atoms with Gasteiger partial charge in [0.15, 0.2) is 0 Å². The van der Waals surface area contributed by atoms with Gasteiger partial charge in [0.05, 0.1) is 17.1 Å². The van der Waals surface area contributed by atoms with E-state index in [0.717, 1.165) is 17.0 Å². The first-order chi connectivity index (χ1) is 19.2. The number of nitrogens with one attached hydrogen (secondary N) is 2. The summed E-state index contributed by atoms with van der Waals surface area (Å²) in [7, 11) is -3.74. The molecule has 0 fully saturated rings. The Morgan fingerprint density at radius 1 is 1.00 bits per heavy atom. The van der Waals surface area contributed by atoms with Gasteiger partial charge < -0.3 is 10.1 Å². The Morgan fingerprint density at radius 3 is 2.15 bits per heavy atom. The van der Waals surface area contributed by atoms with Crippen LogP contribution in [0.15, 0.2) is 29.2 Å². The summed E-state index contributed by atoms with van der Waals surface area (Å²) in [5.41, 5.74) is 1.31. The molecule has 2 aromatic rings. The van der Waals surface area contributed by atoms with Crippen molar-refractivity contribution in [3.8, 4) is 0 Å². The molecule has 12 heteroatoms. The first kappa shape index (κ1) is 32.7. The van der Waals surface area contributed by atoms with Gasteiger partial charge in [-0.2, -0.15) is 4.31 Å². The minimum atomic E-state index is -3.74. The molecule has 10 nitrogen and oxygen atoms in total. The second-order valence-electron chi connectivity index (χ2n) is 11.3. The molecule has 0 atom stereocenters. The van der Waals surface area contributed by atoms with E-state index in [1.165, 1.54) is 39.9 Å². The summed E-state index contributed by atoms with van der Waals surface area (Å²) < 4.78 is 33.1. The van der Waals surface area contributed by atoms with E-state index < -0.39 is 27.9 Å². The van der Waals surface area contributed by atoms with Gasteiger partial charge in [0.1, 0.15) is 5.00 Å². The monoisotopic (exact) mass is 606 g/mol. The Labute approximate surface area is 247 Å². The zero-order valence-electron chi connectivity index (χ0n) is 24.9. The molecule has 226 valence electrons. The van der Waals surface area contributed by atoms with Crippen LogP contribution in [0.3, 0.4) is 0 Å². The van der Waals surface area contributed by atoms with Crippen molar-refractivity contribution in [1.82, 2.24) is 14.5 Å². The van der Waals surface area contributed by atoms with Crippen LogP contribution in [0, 0.1) is 11.8 Å². The highest BCUT2D eigenvalue weighted by Gasteiger charge is 2.31. The number of thiophene rings is 1. The lowest BCUT2D eigenvalue weighted by Gasteiger charge is -2.30. The molecule has 0 unspecified atom stereocenters. The van der Waals surface area contributed by atoms with Gasteiger partial charge in [-0.25, -0.2) is 13.2 Å². The van der Waals surface area contributed by atoms with Crippen LogP contribution in [0.25, 0.3) is 0 Å². The molecular weight excluding hydrogens is 564 g/mol. The third-order valence-electron chi connectivity index (χ3n) is 6.65. The fourth-order valence-electron chi connectivity index (χ4n) is 4.70. The fourth-order valence-corrected chi connectivity index (χ4v) is 7.74. The highest BCUT2D eigenvalue weighted by Crippen LogP contribution is 2.38. The van der Waals surface area contributed by atoms with E-state index in [4.69, 9.17) is 4.74 Å². The number of hydrogen-bond acceptors (Lipinski definition) is 8. The average Bonchev–Trinajstić information content (AvgIpc) is 3.24. The van der Waals surface area contributed by atoms with Crippen LogP contribution in [0.4, 0.5) is 9.80 Å². The lowest BCUT2D eigenvalue weighted by molar-refractivity contribution is 0.0924. The second kappa shape index (κ2) is 13.9. The minimum Gasteiger partial charge on any atom is -0.450 e. The zero-order valence-corrected chi connectivity index (χ0v) is 26.6. The van der Waals surface area contributed by atoms with E-state index in [1.807, 2.05) is 27.7 Å². The summed E-state index contributed by atoms with van der Waals surface area (Å²) in [4.78, 5) is 41.8. The smallest absolute Gasteiger partial charge is 0.414 e.